The van der Waals surface area contributed by atoms with E-state index in [0.29, 0.717) is 30.1 Å². The van der Waals surface area contributed by atoms with Crippen LogP contribution in [0.3, 0.4) is 0 Å². The molecule has 4 rings (SSSR count). The number of aliphatic hydroxyl groups excluding tert-OH is 2. The standard InChI is InChI=1S/C20H29BrO4/c1-2-18(24)25-20-14-6-5-13-12-4-3-11(22)7-10(12)8-17(23)19(13)15(14)9-16(20)21/h8,11-17,19-20,22-23H,2-7,9H2,1H3/t11-,12?,13?,14?,15?,16+,17?,19?,20+/m0/s1. The van der Waals surface area contributed by atoms with Crippen molar-refractivity contribution in [1.29, 1.82) is 0 Å². The van der Waals surface area contributed by atoms with Gasteiger partial charge < -0.3 is 14.9 Å². The maximum Gasteiger partial charge on any atom is 0.305 e. The van der Waals surface area contributed by atoms with Gasteiger partial charge in [0, 0.05) is 12.3 Å². The first-order valence-electron chi connectivity index (χ1n) is 9.89. The van der Waals surface area contributed by atoms with Crippen molar-refractivity contribution in [2.45, 2.75) is 75.0 Å². The molecule has 2 N–H and O–H groups in total. The fourth-order valence-corrected chi connectivity index (χ4v) is 7.19. The zero-order valence-corrected chi connectivity index (χ0v) is 16.4. The van der Waals surface area contributed by atoms with Crippen LogP contribution in [-0.2, 0) is 9.53 Å². The third kappa shape index (κ3) is 3.10. The minimum atomic E-state index is -0.422. The first kappa shape index (κ1) is 18.0. The van der Waals surface area contributed by atoms with Gasteiger partial charge in [0.15, 0.2) is 0 Å². The highest BCUT2D eigenvalue weighted by Gasteiger charge is 2.55. The smallest absolute Gasteiger partial charge is 0.305 e. The average molecular weight is 413 g/mol. The number of alkyl halides is 1. The number of hydrogen-bond donors (Lipinski definition) is 2. The number of ether oxygens (including phenoxy) is 1. The molecule has 6 unspecified atom stereocenters. The Balaban J connectivity index is 1.57. The summed E-state index contributed by atoms with van der Waals surface area (Å²) >= 11 is 3.76. The largest absolute Gasteiger partial charge is 0.461 e. The first-order chi connectivity index (χ1) is 12.0. The Morgan fingerprint density at radius 1 is 1.20 bits per heavy atom. The van der Waals surface area contributed by atoms with E-state index in [2.05, 4.69) is 15.9 Å². The van der Waals surface area contributed by atoms with Crippen LogP contribution in [-0.4, -0.2) is 39.3 Å². The second-order valence-corrected chi connectivity index (χ2v) is 9.66. The molecule has 4 aliphatic carbocycles. The molecule has 0 aromatic rings. The van der Waals surface area contributed by atoms with Crippen molar-refractivity contribution in [1.82, 2.24) is 0 Å². The van der Waals surface area contributed by atoms with E-state index in [1.54, 1.807) is 0 Å². The zero-order chi connectivity index (χ0) is 17.7. The molecule has 0 bridgehead atoms. The third-order valence-corrected chi connectivity index (χ3v) is 8.15. The molecule has 0 heterocycles. The van der Waals surface area contributed by atoms with Crippen LogP contribution in [0.1, 0.15) is 51.9 Å². The predicted octanol–water partition coefficient (Wildman–Crippen LogP) is 3.20. The van der Waals surface area contributed by atoms with Gasteiger partial charge >= 0.3 is 5.97 Å². The van der Waals surface area contributed by atoms with E-state index in [0.717, 1.165) is 38.5 Å². The Bertz CT molecular complexity index is 562. The van der Waals surface area contributed by atoms with Gasteiger partial charge in [-0.15, -0.1) is 0 Å². The summed E-state index contributed by atoms with van der Waals surface area (Å²) < 4.78 is 5.76. The second-order valence-electron chi connectivity index (χ2n) is 8.48. The highest BCUT2D eigenvalue weighted by atomic mass is 79.9. The molecular formula is C20H29BrO4. The van der Waals surface area contributed by atoms with Crippen molar-refractivity contribution in [2.75, 3.05) is 0 Å². The van der Waals surface area contributed by atoms with Crippen molar-refractivity contribution in [3.05, 3.63) is 11.6 Å². The summed E-state index contributed by atoms with van der Waals surface area (Å²) in [6.07, 6.45) is 7.56. The maximum absolute atomic E-state index is 11.8. The fourth-order valence-electron chi connectivity index (χ4n) is 6.26. The minimum absolute atomic E-state index is 0.0517. The molecule has 0 amide bonds. The normalized spacial score (nSPS) is 48.8. The Morgan fingerprint density at radius 3 is 2.72 bits per heavy atom. The predicted molar refractivity (Wildman–Crippen MR) is 98.1 cm³/mol. The van der Waals surface area contributed by atoms with Crippen molar-refractivity contribution in [2.24, 2.45) is 29.6 Å². The molecule has 0 aromatic heterocycles. The zero-order valence-electron chi connectivity index (χ0n) is 14.8. The monoisotopic (exact) mass is 412 g/mol. The lowest BCUT2D eigenvalue weighted by Gasteiger charge is -2.50. The topological polar surface area (TPSA) is 66.8 Å². The van der Waals surface area contributed by atoms with E-state index >= 15 is 0 Å². The average Bonchev–Trinajstić information content (AvgIpc) is 2.89. The van der Waals surface area contributed by atoms with Crippen molar-refractivity contribution < 1.29 is 19.7 Å². The second kappa shape index (κ2) is 6.97. The van der Waals surface area contributed by atoms with E-state index in [9.17, 15) is 15.0 Å². The van der Waals surface area contributed by atoms with Crippen molar-refractivity contribution in [3.8, 4) is 0 Å². The molecule has 140 valence electrons. The number of rotatable bonds is 2. The fraction of sp³-hybridized carbons (Fsp3) is 0.850. The Labute approximate surface area is 158 Å². The molecule has 9 atom stereocenters. The molecule has 0 spiro atoms. The van der Waals surface area contributed by atoms with E-state index in [1.807, 2.05) is 13.0 Å². The number of hydrogen-bond acceptors (Lipinski definition) is 4. The van der Waals surface area contributed by atoms with Crippen LogP contribution in [0.25, 0.3) is 0 Å². The van der Waals surface area contributed by atoms with Crippen LogP contribution in [0.4, 0.5) is 0 Å². The van der Waals surface area contributed by atoms with Crippen LogP contribution < -0.4 is 0 Å². The number of esters is 1. The number of aliphatic hydroxyl groups is 2. The molecular weight excluding hydrogens is 384 g/mol. The van der Waals surface area contributed by atoms with Gasteiger partial charge in [0.05, 0.1) is 17.0 Å². The van der Waals surface area contributed by atoms with Gasteiger partial charge in [0.1, 0.15) is 6.10 Å². The molecule has 0 aromatic carbocycles. The Morgan fingerprint density at radius 2 is 1.96 bits per heavy atom. The van der Waals surface area contributed by atoms with Gasteiger partial charge in [0.25, 0.3) is 0 Å². The summed E-state index contributed by atoms with van der Waals surface area (Å²) in [5.41, 5.74) is 1.29. The Hall–Kier alpha value is -0.390. The molecule has 0 aliphatic heterocycles. The molecule has 4 aliphatic rings. The number of carbonyl (C=O) groups is 1. The highest BCUT2D eigenvalue weighted by Crippen LogP contribution is 2.57. The van der Waals surface area contributed by atoms with Gasteiger partial charge in [-0.05, 0) is 62.2 Å². The number of halogens is 1. The first-order valence-corrected chi connectivity index (χ1v) is 10.8. The Kier molecular flexibility index (Phi) is 5.02. The van der Waals surface area contributed by atoms with E-state index < -0.39 is 6.10 Å². The van der Waals surface area contributed by atoms with E-state index in [1.165, 1.54) is 5.57 Å². The molecule has 3 saturated carbocycles. The lowest BCUT2D eigenvalue weighted by Crippen LogP contribution is -2.48. The summed E-state index contributed by atoms with van der Waals surface area (Å²) in [5, 5.41) is 20.9. The van der Waals surface area contributed by atoms with Crippen molar-refractivity contribution in [3.63, 3.8) is 0 Å². The molecule has 0 radical (unpaired) electrons. The summed E-state index contributed by atoms with van der Waals surface area (Å²) in [6.45, 7) is 1.84. The third-order valence-electron chi connectivity index (χ3n) is 7.26. The van der Waals surface area contributed by atoms with Gasteiger partial charge in [-0.3, -0.25) is 4.79 Å². The van der Waals surface area contributed by atoms with E-state index in [4.69, 9.17) is 4.74 Å². The van der Waals surface area contributed by atoms with Gasteiger partial charge in [0.2, 0.25) is 0 Å². The molecule has 25 heavy (non-hydrogen) atoms. The maximum atomic E-state index is 11.8. The molecule has 5 heteroatoms. The molecule has 0 saturated heterocycles. The molecule has 3 fully saturated rings. The lowest BCUT2D eigenvalue weighted by molar-refractivity contribution is -0.152. The van der Waals surface area contributed by atoms with Gasteiger partial charge in [-0.2, -0.15) is 0 Å². The molecule has 4 nitrogen and oxygen atoms in total. The van der Waals surface area contributed by atoms with Crippen LogP contribution in [0, 0.1) is 29.6 Å². The van der Waals surface area contributed by atoms with Crippen LogP contribution in [0.2, 0.25) is 0 Å². The number of carbonyl (C=O) groups excluding carboxylic acids is 1. The minimum Gasteiger partial charge on any atom is -0.461 e. The summed E-state index contributed by atoms with van der Waals surface area (Å²) in [6, 6.07) is 0. The van der Waals surface area contributed by atoms with Gasteiger partial charge in [-0.25, -0.2) is 0 Å². The SMILES string of the molecule is CCC(=O)O[C@@H]1C2CCC3C4CC[C@H](O)CC4=CC(O)C3C2C[C@H]1Br. The van der Waals surface area contributed by atoms with Gasteiger partial charge in [-0.1, -0.05) is 34.5 Å². The van der Waals surface area contributed by atoms with Crippen LogP contribution in [0.5, 0.6) is 0 Å². The van der Waals surface area contributed by atoms with Crippen molar-refractivity contribution >= 4 is 21.9 Å². The number of fused-ring (bicyclic) bond motifs is 5. The lowest BCUT2D eigenvalue weighted by atomic mass is 9.56. The summed E-state index contributed by atoms with van der Waals surface area (Å²) in [4.78, 5) is 12.0. The highest BCUT2D eigenvalue weighted by molar-refractivity contribution is 9.09. The quantitative estimate of drug-likeness (QED) is 0.415. The van der Waals surface area contributed by atoms with Crippen LogP contribution in [0.15, 0.2) is 11.6 Å². The van der Waals surface area contributed by atoms with Crippen LogP contribution >= 0.6 is 15.9 Å². The summed E-state index contributed by atoms with van der Waals surface area (Å²) in [5.74, 6) is 1.98. The summed E-state index contributed by atoms with van der Waals surface area (Å²) in [7, 11) is 0. The van der Waals surface area contributed by atoms with E-state index in [-0.39, 0.29) is 28.9 Å².